The van der Waals surface area contributed by atoms with Gasteiger partial charge in [0.25, 0.3) is 11.5 Å². The first kappa shape index (κ1) is 38.2. The van der Waals surface area contributed by atoms with Crippen molar-refractivity contribution in [3.05, 3.63) is 46.0 Å². The van der Waals surface area contributed by atoms with Crippen LogP contribution < -0.4 is 21.6 Å². The molecule has 1 aromatic carbocycles. The van der Waals surface area contributed by atoms with Gasteiger partial charge in [0.05, 0.1) is 16.3 Å². The van der Waals surface area contributed by atoms with E-state index in [1.54, 1.807) is 58.0 Å². The van der Waals surface area contributed by atoms with E-state index in [9.17, 15) is 29.1 Å². The molecule has 1 saturated heterocycles. The Balaban J connectivity index is 1.64. The molecule has 47 heavy (non-hydrogen) atoms. The molecule has 3 rings (SSSR count). The van der Waals surface area contributed by atoms with E-state index in [4.69, 9.17) is 39.5 Å². The average Bonchev–Trinajstić information content (AvgIpc) is 3.00. The number of aliphatic hydroxyl groups is 1. The van der Waals surface area contributed by atoms with Gasteiger partial charge >= 0.3 is 5.97 Å². The highest BCUT2D eigenvalue weighted by atomic mass is 35.6. The third-order valence-electron chi connectivity index (χ3n) is 7.50. The second-order valence-corrected chi connectivity index (χ2v) is 14.9. The molecule has 0 bridgehead atoms. The molecule has 258 valence electrons. The number of aromatic amines is 1. The average molecular weight is 716 g/mol. The van der Waals surface area contributed by atoms with Crippen molar-refractivity contribution in [1.82, 2.24) is 31.0 Å². The van der Waals surface area contributed by atoms with Crippen LogP contribution in [0.3, 0.4) is 0 Å². The van der Waals surface area contributed by atoms with Gasteiger partial charge in [0.1, 0.15) is 36.7 Å². The van der Waals surface area contributed by atoms with E-state index in [1.165, 1.54) is 18.9 Å². The van der Waals surface area contributed by atoms with Crippen molar-refractivity contribution in [1.29, 1.82) is 0 Å². The minimum absolute atomic E-state index is 0.145. The Morgan fingerprint density at radius 3 is 2.45 bits per heavy atom. The number of aromatic nitrogens is 2. The summed E-state index contributed by atoms with van der Waals surface area (Å²) in [5, 5.41) is 16.9. The molecule has 0 radical (unpaired) electrons. The van der Waals surface area contributed by atoms with Crippen LogP contribution in [-0.4, -0.2) is 78.8 Å². The number of benzene rings is 1. The standard InChI is InChI=1S/C31H41Cl3N6O7/c1-16(2)23(26(43)35-17(3)27(44)40-13-7-8-21(39-40)28(45)47-15-31(32,33)34)37-29(46)30(5,6)12-11-19-9-10-20-22(14-19)36-24(18(4)41)38-25(20)42/h9-12,14,16-18,21,23,39,41H,7-8,13,15H2,1-6H3,(H,35,43)(H,37,46)(H,36,38,42)/t17-,18+,21-,23-/m0/s1. The Bertz CT molecular complexity index is 1570. The van der Waals surface area contributed by atoms with Crippen molar-refractivity contribution in [2.75, 3.05) is 13.2 Å². The fourth-order valence-corrected chi connectivity index (χ4v) is 4.85. The lowest BCUT2D eigenvalue weighted by atomic mass is 9.89. The summed E-state index contributed by atoms with van der Waals surface area (Å²) in [6.07, 6.45) is 3.33. The minimum atomic E-state index is -1.77. The quantitative estimate of drug-likeness (QED) is 0.173. The maximum absolute atomic E-state index is 13.4. The van der Waals surface area contributed by atoms with Gasteiger partial charge in [-0.15, -0.1) is 0 Å². The van der Waals surface area contributed by atoms with E-state index >= 15 is 0 Å². The van der Waals surface area contributed by atoms with Gasteiger partial charge in [0.2, 0.25) is 15.6 Å². The van der Waals surface area contributed by atoms with E-state index in [-0.39, 0.29) is 17.3 Å². The molecular weight excluding hydrogens is 675 g/mol. The molecule has 3 amide bonds. The number of hydrazine groups is 1. The molecule has 1 aliphatic rings. The zero-order valence-corrected chi connectivity index (χ0v) is 29.3. The molecule has 13 nitrogen and oxygen atoms in total. The first-order valence-electron chi connectivity index (χ1n) is 15.1. The van der Waals surface area contributed by atoms with Crippen LogP contribution in [0.4, 0.5) is 0 Å². The molecule has 0 unspecified atom stereocenters. The Hall–Kier alpha value is -3.23. The Morgan fingerprint density at radius 1 is 1.15 bits per heavy atom. The van der Waals surface area contributed by atoms with Crippen molar-refractivity contribution in [2.24, 2.45) is 11.3 Å². The highest BCUT2D eigenvalue weighted by molar-refractivity contribution is 6.67. The van der Waals surface area contributed by atoms with Crippen LogP contribution in [0.1, 0.15) is 71.9 Å². The topological polar surface area (TPSA) is 183 Å². The number of esters is 1. The molecule has 2 heterocycles. The lowest BCUT2D eigenvalue weighted by Gasteiger charge is -2.35. The van der Waals surface area contributed by atoms with E-state index < -0.39 is 63.7 Å². The summed E-state index contributed by atoms with van der Waals surface area (Å²) in [6, 6.07) is 2.21. The lowest BCUT2D eigenvalue weighted by Crippen LogP contribution is -2.61. The van der Waals surface area contributed by atoms with Gasteiger partial charge < -0.3 is 25.5 Å². The number of carbonyl (C=O) groups is 4. The molecule has 1 fully saturated rings. The van der Waals surface area contributed by atoms with E-state index in [0.29, 0.717) is 35.9 Å². The molecule has 1 aromatic heterocycles. The van der Waals surface area contributed by atoms with E-state index in [2.05, 4.69) is 26.0 Å². The number of hydrogen-bond donors (Lipinski definition) is 5. The molecule has 0 spiro atoms. The normalized spacial score (nSPS) is 17.8. The minimum Gasteiger partial charge on any atom is -0.460 e. The van der Waals surface area contributed by atoms with E-state index in [1.807, 2.05) is 0 Å². The van der Waals surface area contributed by atoms with Crippen LogP contribution in [0.5, 0.6) is 0 Å². The largest absolute Gasteiger partial charge is 0.460 e. The van der Waals surface area contributed by atoms with Gasteiger partial charge in [0, 0.05) is 6.54 Å². The maximum Gasteiger partial charge on any atom is 0.325 e. The van der Waals surface area contributed by atoms with Crippen molar-refractivity contribution in [3.8, 4) is 0 Å². The van der Waals surface area contributed by atoms with E-state index in [0.717, 1.165) is 0 Å². The second kappa shape index (κ2) is 15.8. The highest BCUT2D eigenvalue weighted by Crippen LogP contribution is 2.26. The number of alkyl halides is 3. The van der Waals surface area contributed by atoms with Crippen LogP contribution in [-0.2, 0) is 23.9 Å². The summed E-state index contributed by atoms with van der Waals surface area (Å²) in [4.78, 5) is 71.5. The molecule has 0 aliphatic carbocycles. The van der Waals surface area contributed by atoms with Crippen LogP contribution in [0.25, 0.3) is 17.0 Å². The molecule has 1 aliphatic heterocycles. The summed E-state index contributed by atoms with van der Waals surface area (Å²) >= 11 is 16.9. The van der Waals surface area contributed by atoms with Gasteiger partial charge in [0.15, 0.2) is 0 Å². The molecule has 5 N–H and O–H groups in total. The smallest absolute Gasteiger partial charge is 0.325 e. The molecule has 4 atom stereocenters. The number of amides is 3. The van der Waals surface area contributed by atoms with Crippen LogP contribution in [0, 0.1) is 11.3 Å². The van der Waals surface area contributed by atoms with Gasteiger partial charge in [-0.2, -0.15) is 0 Å². The van der Waals surface area contributed by atoms with Gasteiger partial charge in [-0.3, -0.25) is 29.0 Å². The van der Waals surface area contributed by atoms with Gasteiger partial charge in [-0.25, -0.2) is 10.4 Å². The zero-order chi connectivity index (χ0) is 35.3. The Labute approximate surface area is 287 Å². The molecule has 0 saturated carbocycles. The predicted molar refractivity (Wildman–Crippen MR) is 179 cm³/mol. The number of halogens is 3. The highest BCUT2D eigenvalue weighted by Gasteiger charge is 2.35. The fraction of sp³-hybridized carbons (Fsp3) is 0.548. The number of fused-ring (bicyclic) bond motifs is 1. The third kappa shape index (κ3) is 10.6. The number of nitrogens with zero attached hydrogens (tertiary/aromatic N) is 2. The molecule has 16 heteroatoms. The number of rotatable bonds is 11. The first-order valence-corrected chi connectivity index (χ1v) is 16.3. The summed E-state index contributed by atoms with van der Waals surface area (Å²) in [5.41, 5.74) is 2.45. The maximum atomic E-state index is 13.4. The summed E-state index contributed by atoms with van der Waals surface area (Å²) < 4.78 is 3.25. The monoisotopic (exact) mass is 714 g/mol. The Kier molecular flexibility index (Phi) is 12.8. The lowest BCUT2D eigenvalue weighted by molar-refractivity contribution is -0.152. The van der Waals surface area contributed by atoms with Crippen molar-refractivity contribution >= 4 is 75.5 Å². The predicted octanol–water partition coefficient (Wildman–Crippen LogP) is 3.07. The summed E-state index contributed by atoms with van der Waals surface area (Å²) in [5.74, 6) is -2.32. The van der Waals surface area contributed by atoms with Crippen molar-refractivity contribution in [2.45, 2.75) is 82.4 Å². The first-order chi connectivity index (χ1) is 21.8. The fourth-order valence-electron chi connectivity index (χ4n) is 4.69. The van der Waals surface area contributed by atoms with Gasteiger partial charge in [-0.05, 0) is 64.2 Å². The summed E-state index contributed by atoms with van der Waals surface area (Å²) in [6.45, 7) is 9.77. The zero-order valence-electron chi connectivity index (χ0n) is 27.0. The molecule has 2 aromatic rings. The number of nitrogens with one attached hydrogen (secondary N) is 4. The third-order valence-corrected chi connectivity index (χ3v) is 7.83. The number of hydrogen-bond acceptors (Lipinski definition) is 9. The van der Waals surface area contributed by atoms with Crippen LogP contribution in [0.2, 0.25) is 0 Å². The number of ether oxygens (including phenoxy) is 1. The molecular formula is C31H41Cl3N6O7. The van der Waals surface area contributed by atoms with Gasteiger partial charge in [-0.1, -0.05) is 66.9 Å². The summed E-state index contributed by atoms with van der Waals surface area (Å²) in [7, 11) is 0. The SMILES string of the molecule is CC(C)[C@H](NC(=O)C(C)(C)C=Cc1ccc2c(=O)[nH]c([C@@H](C)O)nc2c1)C(=O)N[C@@H](C)C(=O)N1CCC[C@@H](C(=O)OCC(Cl)(Cl)Cl)N1. The number of H-pyrrole nitrogens is 1. The van der Waals surface area contributed by atoms with Crippen LogP contribution in [0.15, 0.2) is 29.1 Å². The Morgan fingerprint density at radius 2 is 1.83 bits per heavy atom. The number of carbonyl (C=O) groups excluding carboxylic acids is 4. The van der Waals surface area contributed by atoms with Crippen molar-refractivity contribution < 1.29 is 29.0 Å². The second-order valence-electron chi connectivity index (χ2n) is 12.4. The van der Waals surface area contributed by atoms with Crippen molar-refractivity contribution in [3.63, 3.8) is 0 Å². The number of aliphatic hydroxyl groups excluding tert-OH is 1. The van der Waals surface area contributed by atoms with Crippen LogP contribution >= 0.6 is 34.8 Å².